The molecule has 0 bridgehead atoms. The second kappa shape index (κ2) is 2.59. The third-order valence-corrected chi connectivity index (χ3v) is 2.81. The number of hydrogen-bond donors (Lipinski definition) is 1. The molecule has 13 heavy (non-hydrogen) atoms. The van der Waals surface area contributed by atoms with Crippen molar-refractivity contribution in [2.45, 2.75) is 25.2 Å². The highest BCUT2D eigenvalue weighted by molar-refractivity contribution is 5.87. The molecule has 1 aliphatic carbocycles. The molecule has 1 N–H and O–H groups in total. The van der Waals surface area contributed by atoms with Crippen LogP contribution < -0.4 is 0 Å². The summed E-state index contributed by atoms with van der Waals surface area (Å²) in [7, 11) is 0. The Hall–Kier alpha value is -1.31. The molecule has 0 spiro atoms. The van der Waals surface area contributed by atoms with E-state index in [-0.39, 0.29) is 5.41 Å². The molecule has 1 aromatic carbocycles. The number of benzene rings is 1. The third kappa shape index (κ3) is 1.44. The number of hydrogen-bond acceptors (Lipinski definition) is 1. The van der Waals surface area contributed by atoms with Crippen LogP contribution in [0.4, 0.5) is 0 Å². The van der Waals surface area contributed by atoms with E-state index in [0.29, 0.717) is 5.56 Å². The maximum absolute atomic E-state index is 10.7. The normalized spacial score (nSPS) is 18.2. The van der Waals surface area contributed by atoms with Crippen molar-refractivity contribution < 1.29 is 9.90 Å². The third-order valence-electron chi connectivity index (χ3n) is 2.81. The Morgan fingerprint density at radius 2 is 2.15 bits per heavy atom. The molecule has 0 heterocycles. The van der Waals surface area contributed by atoms with Crippen LogP contribution in [0.1, 0.15) is 35.7 Å². The van der Waals surface area contributed by atoms with Crippen molar-refractivity contribution in [1.29, 1.82) is 0 Å². The molecule has 0 unspecified atom stereocenters. The summed E-state index contributed by atoms with van der Waals surface area (Å²) < 4.78 is 0. The molecule has 1 fully saturated rings. The Labute approximate surface area is 77.2 Å². The molecule has 0 radical (unpaired) electrons. The van der Waals surface area contributed by atoms with Crippen LogP contribution in [0.5, 0.6) is 0 Å². The lowest BCUT2D eigenvalue weighted by molar-refractivity contribution is 0.0697. The minimum Gasteiger partial charge on any atom is -0.478 e. The Balaban J connectivity index is 2.38. The van der Waals surface area contributed by atoms with Crippen LogP contribution in [-0.2, 0) is 5.41 Å². The summed E-state index contributed by atoms with van der Waals surface area (Å²) in [4.78, 5) is 10.7. The van der Waals surface area contributed by atoms with Gasteiger partial charge in [0.1, 0.15) is 0 Å². The smallest absolute Gasteiger partial charge is 0.335 e. The highest BCUT2D eigenvalue weighted by Crippen LogP contribution is 2.47. The number of carbonyl (C=O) groups is 1. The molecule has 1 aliphatic rings. The monoisotopic (exact) mass is 176 g/mol. The maximum Gasteiger partial charge on any atom is 0.335 e. The van der Waals surface area contributed by atoms with Crippen molar-refractivity contribution in [3.8, 4) is 0 Å². The average Bonchev–Trinajstić information content (AvgIpc) is 2.85. The molecule has 2 heteroatoms. The summed E-state index contributed by atoms with van der Waals surface area (Å²) in [6.45, 7) is 2.17. The van der Waals surface area contributed by atoms with Gasteiger partial charge in [-0.25, -0.2) is 4.79 Å². The van der Waals surface area contributed by atoms with E-state index in [1.54, 1.807) is 12.1 Å². The van der Waals surface area contributed by atoms with Crippen LogP contribution in [-0.4, -0.2) is 11.1 Å². The SMILES string of the molecule is CC1(c2cccc(C(=O)O)c2)CC1. The van der Waals surface area contributed by atoms with Gasteiger partial charge in [0.15, 0.2) is 0 Å². The zero-order valence-electron chi connectivity index (χ0n) is 7.58. The molecule has 0 amide bonds. The molecule has 0 saturated heterocycles. The van der Waals surface area contributed by atoms with Crippen molar-refractivity contribution in [1.82, 2.24) is 0 Å². The Morgan fingerprint density at radius 1 is 1.46 bits per heavy atom. The first-order valence-electron chi connectivity index (χ1n) is 4.46. The largest absolute Gasteiger partial charge is 0.478 e. The fraction of sp³-hybridized carbons (Fsp3) is 0.364. The highest BCUT2D eigenvalue weighted by Gasteiger charge is 2.39. The van der Waals surface area contributed by atoms with E-state index >= 15 is 0 Å². The van der Waals surface area contributed by atoms with Gasteiger partial charge in [0, 0.05) is 0 Å². The van der Waals surface area contributed by atoms with E-state index in [0.717, 1.165) is 5.56 Å². The van der Waals surface area contributed by atoms with Gasteiger partial charge in [-0.15, -0.1) is 0 Å². The summed E-state index contributed by atoms with van der Waals surface area (Å²) in [5.74, 6) is -0.842. The van der Waals surface area contributed by atoms with Crippen LogP contribution in [0, 0.1) is 0 Å². The fourth-order valence-electron chi connectivity index (χ4n) is 1.50. The van der Waals surface area contributed by atoms with E-state index < -0.39 is 5.97 Å². The maximum atomic E-state index is 10.7. The zero-order valence-corrected chi connectivity index (χ0v) is 7.58. The minimum absolute atomic E-state index is 0.255. The molecule has 0 atom stereocenters. The molecule has 0 aromatic heterocycles. The highest BCUT2D eigenvalue weighted by atomic mass is 16.4. The van der Waals surface area contributed by atoms with Crippen LogP contribution in [0.15, 0.2) is 24.3 Å². The van der Waals surface area contributed by atoms with Crippen molar-refractivity contribution in [2.24, 2.45) is 0 Å². The van der Waals surface area contributed by atoms with Crippen LogP contribution in [0.3, 0.4) is 0 Å². The van der Waals surface area contributed by atoms with Crippen molar-refractivity contribution in [3.63, 3.8) is 0 Å². The van der Waals surface area contributed by atoms with Crippen LogP contribution in [0.2, 0.25) is 0 Å². The van der Waals surface area contributed by atoms with Gasteiger partial charge in [-0.2, -0.15) is 0 Å². The first kappa shape index (κ1) is 8.30. The molecule has 2 nitrogen and oxygen atoms in total. The number of rotatable bonds is 2. The quantitative estimate of drug-likeness (QED) is 0.751. The van der Waals surface area contributed by atoms with Crippen molar-refractivity contribution in [3.05, 3.63) is 35.4 Å². The molecule has 68 valence electrons. The predicted octanol–water partition coefficient (Wildman–Crippen LogP) is 2.44. The van der Waals surface area contributed by atoms with Gasteiger partial charge in [0.2, 0.25) is 0 Å². The van der Waals surface area contributed by atoms with Crippen LogP contribution in [0.25, 0.3) is 0 Å². The summed E-state index contributed by atoms with van der Waals surface area (Å²) in [5, 5.41) is 8.80. The summed E-state index contributed by atoms with van der Waals surface area (Å²) >= 11 is 0. The average molecular weight is 176 g/mol. The lowest BCUT2D eigenvalue weighted by Crippen LogP contribution is -2.03. The molecular weight excluding hydrogens is 164 g/mol. The summed E-state index contributed by atoms with van der Waals surface area (Å²) in [6, 6.07) is 7.26. The van der Waals surface area contributed by atoms with E-state index in [4.69, 9.17) is 5.11 Å². The Bertz CT molecular complexity index is 351. The van der Waals surface area contributed by atoms with E-state index in [1.807, 2.05) is 12.1 Å². The van der Waals surface area contributed by atoms with Gasteiger partial charge in [0.25, 0.3) is 0 Å². The summed E-state index contributed by atoms with van der Waals surface area (Å²) in [5.41, 5.74) is 1.81. The number of carboxylic acids is 1. The van der Waals surface area contributed by atoms with Gasteiger partial charge in [0.05, 0.1) is 5.56 Å². The molecular formula is C11H12O2. The second-order valence-electron chi connectivity index (χ2n) is 3.95. The Morgan fingerprint density at radius 3 is 2.69 bits per heavy atom. The van der Waals surface area contributed by atoms with E-state index in [2.05, 4.69) is 6.92 Å². The van der Waals surface area contributed by atoms with Gasteiger partial charge in [-0.3, -0.25) is 0 Å². The number of carboxylic acid groups (broad SMARTS) is 1. The van der Waals surface area contributed by atoms with E-state index in [9.17, 15) is 4.79 Å². The molecule has 1 saturated carbocycles. The summed E-state index contributed by atoms with van der Waals surface area (Å²) in [6.07, 6.45) is 2.35. The van der Waals surface area contributed by atoms with Gasteiger partial charge < -0.3 is 5.11 Å². The van der Waals surface area contributed by atoms with E-state index in [1.165, 1.54) is 12.8 Å². The van der Waals surface area contributed by atoms with Gasteiger partial charge in [-0.05, 0) is 36.0 Å². The zero-order chi connectivity index (χ0) is 9.47. The fourth-order valence-corrected chi connectivity index (χ4v) is 1.50. The first-order valence-corrected chi connectivity index (χ1v) is 4.46. The lowest BCUT2D eigenvalue weighted by Gasteiger charge is -2.08. The second-order valence-corrected chi connectivity index (χ2v) is 3.95. The van der Waals surface area contributed by atoms with Crippen LogP contribution >= 0.6 is 0 Å². The molecule has 1 aromatic rings. The van der Waals surface area contributed by atoms with Gasteiger partial charge >= 0.3 is 5.97 Å². The molecule has 2 rings (SSSR count). The lowest BCUT2D eigenvalue weighted by atomic mass is 9.97. The number of aromatic carboxylic acids is 1. The standard InChI is InChI=1S/C11H12O2/c1-11(5-6-11)9-4-2-3-8(7-9)10(12)13/h2-4,7H,5-6H2,1H3,(H,12,13). The first-order chi connectivity index (χ1) is 6.12. The van der Waals surface area contributed by atoms with Gasteiger partial charge in [-0.1, -0.05) is 19.1 Å². The van der Waals surface area contributed by atoms with Crippen molar-refractivity contribution >= 4 is 5.97 Å². The topological polar surface area (TPSA) is 37.3 Å². The minimum atomic E-state index is -0.842. The predicted molar refractivity (Wildman–Crippen MR) is 50.0 cm³/mol. The molecule has 0 aliphatic heterocycles. The Kier molecular flexibility index (Phi) is 1.65. The van der Waals surface area contributed by atoms with Crippen molar-refractivity contribution in [2.75, 3.05) is 0 Å².